The Morgan fingerprint density at radius 2 is 1.03 bits per heavy atom. The topological polar surface area (TPSA) is 604 Å². The zero-order valence-electron chi connectivity index (χ0n) is 67.3. The molecule has 39 nitrogen and oxygen atoms in total. The highest BCUT2D eigenvalue weighted by molar-refractivity contribution is 6.01. The lowest BCUT2D eigenvalue weighted by molar-refractivity contribution is -0.144. The Bertz CT molecular complexity index is 3680. The monoisotopic (exact) mass is 1600 g/mol. The van der Waals surface area contributed by atoms with Crippen LogP contribution in [0.2, 0.25) is 0 Å². The molecule has 2 aliphatic rings. The summed E-state index contributed by atoms with van der Waals surface area (Å²) in [6.07, 6.45) is 2.70. The van der Waals surface area contributed by atoms with E-state index >= 15 is 0 Å². The number of imidazole rings is 1. The maximum Gasteiger partial charge on any atom is 0.326 e. The number of benzene rings is 1. The summed E-state index contributed by atoms with van der Waals surface area (Å²) in [7, 11) is 0. The lowest BCUT2D eigenvalue weighted by atomic mass is 9.96. The van der Waals surface area contributed by atoms with Gasteiger partial charge in [-0.1, -0.05) is 102 Å². The number of nitrogens with two attached hydrogens (primary N) is 3. The Labute approximate surface area is 663 Å². The van der Waals surface area contributed by atoms with Gasteiger partial charge in [0.2, 0.25) is 82.7 Å². The molecule has 1 aromatic heterocycles. The number of guanidine groups is 1. The summed E-state index contributed by atoms with van der Waals surface area (Å²) >= 11 is 0. The molecule has 634 valence electrons. The average molecular weight is 1610 g/mol. The third-order valence-corrected chi connectivity index (χ3v) is 19.6. The van der Waals surface area contributed by atoms with E-state index in [0.717, 1.165) is 0 Å². The molecule has 0 aliphatic carbocycles. The number of carbonyl (C=O) groups is 16. The normalized spacial score (nSPS) is 17.2. The van der Waals surface area contributed by atoms with Crippen molar-refractivity contribution in [2.45, 2.75) is 246 Å². The van der Waals surface area contributed by atoms with Gasteiger partial charge in [0, 0.05) is 50.8 Å². The Kier molecular flexibility index (Phi) is 38.7. The predicted molar refractivity (Wildman–Crippen MR) is 415 cm³/mol. The number of hydrogen-bond donors (Lipinski definition) is 19. The third kappa shape index (κ3) is 30.1. The number of phenols is 1. The van der Waals surface area contributed by atoms with E-state index in [4.69, 9.17) is 17.2 Å². The Morgan fingerprint density at radius 3 is 1.55 bits per heavy atom. The van der Waals surface area contributed by atoms with Crippen LogP contribution in [0, 0.1) is 35.5 Å². The number of amides is 14. The van der Waals surface area contributed by atoms with Gasteiger partial charge >= 0.3 is 11.9 Å². The van der Waals surface area contributed by atoms with Crippen LogP contribution in [-0.2, 0) is 89.6 Å². The number of carboxylic acid groups (broad SMARTS) is 2. The van der Waals surface area contributed by atoms with Crippen LogP contribution in [0.1, 0.15) is 165 Å². The van der Waals surface area contributed by atoms with Crippen LogP contribution in [0.3, 0.4) is 0 Å². The summed E-state index contributed by atoms with van der Waals surface area (Å²) in [5, 5.41) is 60.9. The first-order valence-electron chi connectivity index (χ1n) is 38.7. The van der Waals surface area contributed by atoms with Crippen molar-refractivity contribution in [2.75, 3.05) is 32.7 Å². The van der Waals surface area contributed by atoms with Crippen LogP contribution in [0.4, 0.5) is 0 Å². The van der Waals surface area contributed by atoms with Crippen molar-refractivity contribution in [1.82, 2.24) is 83.6 Å². The molecule has 0 radical (unpaired) electrons. The minimum absolute atomic E-state index is 0.0209. The summed E-state index contributed by atoms with van der Waals surface area (Å²) in [4.78, 5) is 234. The lowest BCUT2D eigenvalue weighted by Crippen LogP contribution is -2.61. The zero-order chi connectivity index (χ0) is 85.5. The van der Waals surface area contributed by atoms with Gasteiger partial charge in [-0.3, -0.25) is 76.9 Å². The summed E-state index contributed by atoms with van der Waals surface area (Å²) < 4.78 is 0. The van der Waals surface area contributed by atoms with E-state index in [1.165, 1.54) is 53.5 Å². The van der Waals surface area contributed by atoms with Gasteiger partial charge in [0.25, 0.3) is 0 Å². The van der Waals surface area contributed by atoms with Crippen LogP contribution in [-0.4, -0.2) is 247 Å². The molecule has 3 heterocycles. The molecule has 2 aliphatic heterocycles. The smallest absolute Gasteiger partial charge is 0.326 e. The number of carbonyl (C=O) groups excluding carboxylic acids is 14. The molecule has 14 atom stereocenters. The average Bonchev–Trinajstić information content (AvgIpc) is 1.64. The largest absolute Gasteiger partial charge is 0.508 e. The van der Waals surface area contributed by atoms with Gasteiger partial charge in [0.15, 0.2) is 5.96 Å². The van der Waals surface area contributed by atoms with Gasteiger partial charge in [-0.05, 0) is 111 Å². The number of hydrogen-bond acceptors (Lipinski definition) is 20. The van der Waals surface area contributed by atoms with E-state index in [-0.39, 0.29) is 101 Å². The molecule has 2 aromatic rings. The van der Waals surface area contributed by atoms with Crippen LogP contribution in [0.5, 0.6) is 5.75 Å². The highest BCUT2D eigenvalue weighted by Gasteiger charge is 2.44. The van der Waals surface area contributed by atoms with E-state index in [1.807, 2.05) is 13.8 Å². The fourth-order valence-electron chi connectivity index (χ4n) is 12.9. The first kappa shape index (κ1) is 95.4. The Hall–Kier alpha value is -11.0. The SMILES string of the molecule is CC[C@H](C)[C@H](NC(=O)[C@H](CCC(=O)O)NC(=O)CNC(=O)[C@@H](NC(=O)[C@H](Cc1cnc[nH]1)NC(=O)[C@@H]1CCCN1C(=O)[C@@H](NC(=O)[C@H](CC(C)C)NC(=O)[C@@H](NC(=O)CN)C(C)C)C(C)C)C(C)C)C(=O)N1CCC[C@H]1C(=O)N[C@H](C(=O)N[C@@H](C)C(=O)N[C@@H](Cc1ccc(O)cc1)C(=O)N[C@@H](CCCN=C(N)N)C(=O)O)C(C)C. The number of aliphatic imine (C=N–C) groups is 1. The molecule has 22 N–H and O–H groups in total. The van der Waals surface area contributed by atoms with Crippen LogP contribution in [0.25, 0.3) is 0 Å². The maximum atomic E-state index is 14.7. The van der Waals surface area contributed by atoms with Gasteiger partial charge in [0.1, 0.15) is 84.3 Å². The van der Waals surface area contributed by atoms with Crippen LogP contribution in [0.15, 0.2) is 41.8 Å². The van der Waals surface area contributed by atoms with Crippen LogP contribution >= 0.6 is 0 Å². The number of aliphatic carboxylic acids is 2. The summed E-state index contributed by atoms with van der Waals surface area (Å²) in [6.45, 7) is 20.6. The number of aromatic hydroxyl groups is 1. The van der Waals surface area contributed by atoms with Gasteiger partial charge in [-0.2, -0.15) is 0 Å². The molecule has 4 rings (SSSR count). The van der Waals surface area contributed by atoms with Crippen molar-refractivity contribution < 1.29 is 92.0 Å². The molecule has 0 unspecified atom stereocenters. The first-order valence-corrected chi connectivity index (χ1v) is 38.7. The minimum Gasteiger partial charge on any atom is -0.508 e. The second-order valence-corrected chi connectivity index (χ2v) is 30.7. The van der Waals surface area contributed by atoms with E-state index in [2.05, 4.69) is 78.8 Å². The van der Waals surface area contributed by atoms with Gasteiger partial charge in [-0.25, -0.2) is 9.78 Å². The van der Waals surface area contributed by atoms with Crippen LogP contribution < -0.4 is 81.0 Å². The zero-order valence-corrected chi connectivity index (χ0v) is 67.3. The van der Waals surface area contributed by atoms with E-state index in [1.54, 1.807) is 69.2 Å². The number of nitrogens with one attached hydrogen (secondary N) is 13. The molecule has 1 aromatic carbocycles. The van der Waals surface area contributed by atoms with Crippen molar-refractivity contribution in [2.24, 2.45) is 57.7 Å². The van der Waals surface area contributed by atoms with E-state index in [9.17, 15) is 92.0 Å². The molecule has 0 bridgehead atoms. The van der Waals surface area contributed by atoms with E-state index in [0.29, 0.717) is 24.1 Å². The highest BCUT2D eigenvalue weighted by Crippen LogP contribution is 2.25. The molecule has 2 saturated heterocycles. The lowest BCUT2D eigenvalue weighted by Gasteiger charge is -2.33. The van der Waals surface area contributed by atoms with Crippen molar-refractivity contribution >= 4 is 101 Å². The Morgan fingerprint density at radius 1 is 0.535 bits per heavy atom. The molecule has 114 heavy (non-hydrogen) atoms. The van der Waals surface area contributed by atoms with Crippen molar-refractivity contribution in [3.63, 3.8) is 0 Å². The standard InChI is InChI=1S/C75H120N20O19/c1-14-42(12)61(73(112)95-29-17-20-53(95)68(107)91-59(40(8)9)70(109)83-43(13)62(101)86-50(31-44-21-23-46(96)24-22-44)64(103)85-48(74(113)114)18-15-27-80-75(77)78)93-63(102)47(25-26-56(99)100)84-55(98)35-81-69(108)57(38(4)5)90-66(105)51(32-45-34-79-36-82-45)87-67(106)52-19-16-28-94(52)72(111)60(41(10)11)92-65(104)49(30-37(2)3)88-71(110)58(39(6)7)89-54(97)33-76/h21-24,34,36-43,47-53,57-61,96H,14-20,25-33,35,76H2,1-13H3,(H,79,82)(H,81,108)(H,83,109)(H,84,98)(H,85,103)(H,86,101)(H,87,106)(H,88,110)(H,89,97)(H,90,105)(H,91,107)(H,92,104)(H,93,102)(H,99,100)(H,113,114)(H4,77,78,80)/t42-,43-,47-,48-,49-,50-,51-,52-,53-,57-,58-,59-,60-,61-/m0/s1. The number of likely N-dealkylation sites (tertiary alicyclic amines) is 2. The predicted octanol–water partition coefficient (Wildman–Crippen LogP) is -2.97. The summed E-state index contributed by atoms with van der Waals surface area (Å²) in [5.41, 5.74) is 17.1. The number of carboxylic acids is 2. The third-order valence-electron chi connectivity index (χ3n) is 19.6. The molecular formula is C75H120N20O19. The molecule has 39 heteroatoms. The molecule has 2 fully saturated rings. The fourth-order valence-corrected chi connectivity index (χ4v) is 12.9. The number of phenolic OH excluding ortho intramolecular Hbond substituents is 1. The van der Waals surface area contributed by atoms with E-state index < -0.39 is 216 Å². The van der Waals surface area contributed by atoms with Gasteiger partial charge in [0.05, 0.1) is 19.4 Å². The maximum absolute atomic E-state index is 14.7. The fraction of sp³-hybridized carbons (Fsp3) is 0.653. The first-order chi connectivity index (χ1) is 53.6. The minimum atomic E-state index is -1.63. The molecule has 0 saturated carbocycles. The second-order valence-electron chi connectivity index (χ2n) is 30.7. The Balaban J connectivity index is 1.46. The number of H-pyrrole nitrogens is 1. The quantitative estimate of drug-likeness (QED) is 0.0179. The number of aromatic amines is 1. The highest BCUT2D eigenvalue weighted by atomic mass is 16.4. The van der Waals surface area contributed by atoms with Crippen molar-refractivity contribution in [3.8, 4) is 5.75 Å². The number of nitrogens with zero attached hydrogens (tertiary/aromatic N) is 4. The van der Waals surface area contributed by atoms with Crippen molar-refractivity contribution in [3.05, 3.63) is 48.0 Å². The van der Waals surface area contributed by atoms with Gasteiger partial charge < -0.3 is 111 Å². The number of aromatic nitrogens is 2. The summed E-state index contributed by atoms with van der Waals surface area (Å²) in [6, 6.07) is -11.3. The molecule has 0 spiro atoms. The molecule has 14 amide bonds. The summed E-state index contributed by atoms with van der Waals surface area (Å²) in [5.74, 6) is -17.0. The molecular weight excluding hydrogens is 1480 g/mol. The van der Waals surface area contributed by atoms with Crippen molar-refractivity contribution in [1.29, 1.82) is 0 Å². The van der Waals surface area contributed by atoms with Gasteiger partial charge in [-0.15, -0.1) is 0 Å². The number of rotatable bonds is 46. The second kappa shape index (κ2) is 46.2.